The van der Waals surface area contributed by atoms with Gasteiger partial charge in [0.15, 0.2) is 0 Å². The molecule has 3 aliphatic rings. The highest BCUT2D eigenvalue weighted by atomic mass is 16.7. The van der Waals surface area contributed by atoms with E-state index in [1.54, 1.807) is 0 Å². The molecule has 3 heterocycles. The second kappa shape index (κ2) is 5.50. The molecule has 3 aliphatic heterocycles. The lowest BCUT2D eigenvalue weighted by molar-refractivity contribution is 0.00578. The second-order valence-electron chi connectivity index (χ2n) is 8.08. The minimum atomic E-state index is -0.285. The summed E-state index contributed by atoms with van der Waals surface area (Å²) in [5, 5.41) is 0. The van der Waals surface area contributed by atoms with Gasteiger partial charge < -0.3 is 14.2 Å². The quantitative estimate of drug-likeness (QED) is 0.738. The number of fused-ring (bicyclic) bond motifs is 2. The molecule has 126 valence electrons. The molecule has 1 unspecified atom stereocenters. The first-order valence-electron chi connectivity index (χ1n) is 8.94. The van der Waals surface area contributed by atoms with Crippen LogP contribution in [0.25, 0.3) is 0 Å². The summed E-state index contributed by atoms with van der Waals surface area (Å²) in [5.41, 5.74) is 3.69. The van der Waals surface area contributed by atoms with E-state index < -0.39 is 0 Å². The lowest BCUT2D eigenvalue weighted by Crippen LogP contribution is -2.41. The van der Waals surface area contributed by atoms with Gasteiger partial charge in [-0.1, -0.05) is 24.3 Å². The average Bonchev–Trinajstić information content (AvgIpc) is 2.88. The van der Waals surface area contributed by atoms with Crippen molar-refractivity contribution < 1.29 is 9.31 Å². The van der Waals surface area contributed by atoms with E-state index in [2.05, 4.69) is 75.1 Å². The van der Waals surface area contributed by atoms with Crippen LogP contribution in [-0.4, -0.2) is 35.8 Å². The van der Waals surface area contributed by atoms with Crippen molar-refractivity contribution in [3.63, 3.8) is 0 Å². The number of nitrogens with zero attached hydrogens (tertiary/aromatic N) is 1. The summed E-state index contributed by atoms with van der Waals surface area (Å²) in [5.74, 6) is 2.17. The van der Waals surface area contributed by atoms with Crippen molar-refractivity contribution in [1.29, 1.82) is 0 Å². The molecule has 1 atom stereocenters. The van der Waals surface area contributed by atoms with Crippen LogP contribution in [0.3, 0.4) is 0 Å². The summed E-state index contributed by atoms with van der Waals surface area (Å²) in [6.07, 6.45) is 6.62. The number of rotatable bonds is 1. The van der Waals surface area contributed by atoms with E-state index in [1.807, 2.05) is 0 Å². The lowest BCUT2D eigenvalue weighted by atomic mass is 9.84. The maximum atomic E-state index is 6.16. The SMILES string of the molecule is CC1(C)OB(/C=C2\C=CN3CCc4ccccc4CC23)OC1(C)C. The summed E-state index contributed by atoms with van der Waals surface area (Å²) in [4.78, 5) is 2.46. The Labute approximate surface area is 145 Å². The molecule has 0 bridgehead atoms. The monoisotopic (exact) mass is 323 g/mol. The molecular weight excluding hydrogens is 297 g/mol. The van der Waals surface area contributed by atoms with Crippen LogP contribution in [-0.2, 0) is 22.2 Å². The predicted molar refractivity (Wildman–Crippen MR) is 97.6 cm³/mol. The van der Waals surface area contributed by atoms with Crippen molar-refractivity contribution >= 4 is 7.12 Å². The fourth-order valence-electron chi connectivity index (χ4n) is 3.79. The van der Waals surface area contributed by atoms with Crippen LogP contribution in [0, 0.1) is 0 Å². The molecule has 0 aliphatic carbocycles. The lowest BCUT2D eigenvalue weighted by Gasteiger charge is -2.32. The van der Waals surface area contributed by atoms with Crippen LogP contribution < -0.4 is 0 Å². The molecule has 0 saturated carbocycles. The summed E-state index contributed by atoms with van der Waals surface area (Å²) >= 11 is 0. The van der Waals surface area contributed by atoms with E-state index >= 15 is 0 Å². The highest BCUT2D eigenvalue weighted by molar-refractivity contribution is 6.52. The molecule has 1 aromatic rings. The molecule has 0 spiro atoms. The van der Waals surface area contributed by atoms with Crippen LogP contribution >= 0.6 is 0 Å². The van der Waals surface area contributed by atoms with Crippen LogP contribution in [0.4, 0.5) is 0 Å². The Bertz CT molecular complexity index is 691. The fourth-order valence-corrected chi connectivity index (χ4v) is 3.79. The van der Waals surface area contributed by atoms with Crippen LogP contribution in [0.2, 0.25) is 0 Å². The standard InChI is InChI=1S/C20H26BNO2/c1-19(2)20(3,4)24-21(23-19)14-17-10-12-22-11-9-15-7-5-6-8-16(15)13-18(17)22/h5-8,10,12,14,18H,9,11,13H2,1-4H3/b17-14+. The van der Waals surface area contributed by atoms with E-state index in [0.717, 1.165) is 19.4 Å². The summed E-state index contributed by atoms with van der Waals surface area (Å²) in [7, 11) is -0.270. The van der Waals surface area contributed by atoms with E-state index in [-0.39, 0.29) is 18.3 Å². The Kier molecular flexibility index (Phi) is 3.66. The third-order valence-electron chi connectivity index (χ3n) is 6.01. The third-order valence-corrected chi connectivity index (χ3v) is 6.01. The Morgan fingerprint density at radius 3 is 2.46 bits per heavy atom. The summed E-state index contributed by atoms with van der Waals surface area (Å²) < 4.78 is 12.3. The molecule has 3 nitrogen and oxygen atoms in total. The molecule has 0 radical (unpaired) electrons. The maximum Gasteiger partial charge on any atom is 0.487 e. The van der Waals surface area contributed by atoms with Gasteiger partial charge in [-0.25, -0.2) is 0 Å². The van der Waals surface area contributed by atoms with Crippen molar-refractivity contribution in [2.45, 2.75) is 57.8 Å². The normalized spacial score (nSPS) is 28.8. The Hall–Kier alpha value is -1.52. The van der Waals surface area contributed by atoms with Gasteiger partial charge in [-0.15, -0.1) is 0 Å². The van der Waals surface area contributed by atoms with Crippen molar-refractivity contribution in [2.24, 2.45) is 0 Å². The van der Waals surface area contributed by atoms with Crippen molar-refractivity contribution in [3.8, 4) is 0 Å². The molecule has 1 aromatic carbocycles. The minimum absolute atomic E-state index is 0.270. The van der Waals surface area contributed by atoms with Crippen molar-refractivity contribution in [1.82, 2.24) is 4.90 Å². The molecule has 0 amide bonds. The molecule has 24 heavy (non-hydrogen) atoms. The zero-order chi connectivity index (χ0) is 16.9. The molecular formula is C20H26BNO2. The van der Waals surface area contributed by atoms with Gasteiger partial charge in [0.05, 0.1) is 17.2 Å². The first-order chi connectivity index (χ1) is 11.4. The van der Waals surface area contributed by atoms with Gasteiger partial charge in [0, 0.05) is 6.54 Å². The predicted octanol–water partition coefficient (Wildman–Crippen LogP) is 3.54. The fraction of sp³-hybridized carbons (Fsp3) is 0.500. The van der Waals surface area contributed by atoms with Gasteiger partial charge in [0.25, 0.3) is 0 Å². The van der Waals surface area contributed by atoms with Gasteiger partial charge in [0.1, 0.15) is 0 Å². The van der Waals surface area contributed by atoms with Gasteiger partial charge >= 0.3 is 7.12 Å². The zero-order valence-electron chi connectivity index (χ0n) is 15.1. The van der Waals surface area contributed by atoms with Crippen molar-refractivity contribution in [2.75, 3.05) is 6.54 Å². The Balaban J connectivity index is 1.58. The molecule has 1 fully saturated rings. The number of benzene rings is 1. The van der Waals surface area contributed by atoms with Gasteiger partial charge in [-0.05, 0) is 75.5 Å². The average molecular weight is 323 g/mol. The Morgan fingerprint density at radius 2 is 1.75 bits per heavy atom. The molecule has 0 N–H and O–H groups in total. The number of hydrogen-bond acceptors (Lipinski definition) is 3. The molecule has 1 saturated heterocycles. The minimum Gasteiger partial charge on any atom is -0.400 e. The smallest absolute Gasteiger partial charge is 0.400 e. The van der Waals surface area contributed by atoms with E-state index in [9.17, 15) is 0 Å². The summed E-state index contributed by atoms with van der Waals surface area (Å²) in [6, 6.07) is 9.22. The largest absolute Gasteiger partial charge is 0.487 e. The van der Waals surface area contributed by atoms with Crippen LogP contribution in [0.15, 0.2) is 48.1 Å². The summed E-state index contributed by atoms with van der Waals surface area (Å²) in [6.45, 7) is 9.47. The first-order valence-corrected chi connectivity index (χ1v) is 8.94. The van der Waals surface area contributed by atoms with Crippen LogP contribution in [0.1, 0.15) is 38.8 Å². The number of hydrogen-bond donors (Lipinski definition) is 0. The topological polar surface area (TPSA) is 21.7 Å². The molecule has 4 heteroatoms. The van der Waals surface area contributed by atoms with E-state index in [1.165, 1.54) is 16.7 Å². The van der Waals surface area contributed by atoms with Gasteiger partial charge in [0.2, 0.25) is 0 Å². The second-order valence-corrected chi connectivity index (χ2v) is 8.08. The highest BCUT2D eigenvalue weighted by Gasteiger charge is 2.50. The maximum absolute atomic E-state index is 6.16. The van der Waals surface area contributed by atoms with Crippen molar-refractivity contribution in [3.05, 3.63) is 59.2 Å². The molecule has 4 rings (SSSR count). The van der Waals surface area contributed by atoms with Gasteiger partial charge in [-0.2, -0.15) is 0 Å². The zero-order valence-corrected chi connectivity index (χ0v) is 15.1. The van der Waals surface area contributed by atoms with Crippen LogP contribution in [0.5, 0.6) is 0 Å². The first kappa shape index (κ1) is 16.0. The highest BCUT2D eigenvalue weighted by Crippen LogP contribution is 2.38. The van der Waals surface area contributed by atoms with E-state index in [0.29, 0.717) is 6.04 Å². The molecule has 0 aromatic heterocycles. The van der Waals surface area contributed by atoms with Gasteiger partial charge in [-0.3, -0.25) is 0 Å². The third kappa shape index (κ3) is 2.62. The van der Waals surface area contributed by atoms with E-state index in [4.69, 9.17) is 9.31 Å². The Morgan fingerprint density at radius 1 is 1.08 bits per heavy atom.